The second kappa shape index (κ2) is 7.81. The van der Waals surface area contributed by atoms with Gasteiger partial charge in [-0.05, 0) is 23.0 Å². The molecule has 0 N–H and O–H groups in total. The summed E-state index contributed by atoms with van der Waals surface area (Å²) in [5.74, 6) is -1.57. The van der Waals surface area contributed by atoms with Crippen LogP contribution in [-0.2, 0) is 31.0 Å². The van der Waals surface area contributed by atoms with Gasteiger partial charge in [-0.1, -0.05) is 45.0 Å². The Morgan fingerprint density at radius 1 is 1.20 bits per heavy atom. The predicted molar refractivity (Wildman–Crippen MR) is 95.2 cm³/mol. The van der Waals surface area contributed by atoms with Crippen LogP contribution in [0.4, 0.5) is 0 Å². The van der Waals surface area contributed by atoms with Gasteiger partial charge >= 0.3 is 5.97 Å². The van der Waals surface area contributed by atoms with E-state index in [1.165, 1.54) is 12.7 Å². The third-order valence-corrected chi connectivity index (χ3v) is 4.71. The SMILES string of the molecule is COC(=O)C1CN(C(=O)CCc2ccc(C(C)(C)C)cc2)CCC1=O. The first-order valence-electron chi connectivity index (χ1n) is 8.70. The lowest BCUT2D eigenvalue weighted by Gasteiger charge is -2.30. The molecule has 136 valence electrons. The van der Waals surface area contributed by atoms with Crippen LogP contribution in [0.3, 0.4) is 0 Å². The predicted octanol–water partition coefficient (Wildman–Crippen LogP) is 2.51. The Hall–Kier alpha value is -2.17. The number of Topliss-reactive ketones (excluding diaryl/α,β-unsaturated/α-hetero) is 1. The lowest BCUT2D eigenvalue weighted by atomic mass is 9.86. The smallest absolute Gasteiger partial charge is 0.318 e. The standard InChI is InChI=1S/C20H27NO4/c1-20(2,3)15-8-5-14(6-9-15)7-10-18(23)21-12-11-17(22)16(13-21)19(24)25-4/h5-6,8-9,16H,7,10-13H2,1-4H3. The largest absolute Gasteiger partial charge is 0.468 e. The number of rotatable bonds is 4. The Bertz CT molecular complexity index is 635. The molecule has 0 radical (unpaired) electrons. The molecule has 0 aromatic heterocycles. The topological polar surface area (TPSA) is 63.7 Å². The van der Waals surface area contributed by atoms with Crippen LogP contribution >= 0.6 is 0 Å². The molecule has 1 aliphatic rings. The first-order chi connectivity index (χ1) is 11.7. The molecule has 1 aromatic carbocycles. The van der Waals surface area contributed by atoms with Crippen LogP contribution in [0.15, 0.2) is 24.3 Å². The highest BCUT2D eigenvalue weighted by atomic mass is 16.5. The van der Waals surface area contributed by atoms with Crippen molar-refractivity contribution in [3.63, 3.8) is 0 Å². The van der Waals surface area contributed by atoms with Gasteiger partial charge in [0, 0.05) is 25.9 Å². The molecule has 1 atom stereocenters. The Balaban J connectivity index is 1.91. The van der Waals surface area contributed by atoms with Gasteiger partial charge in [0.05, 0.1) is 7.11 Å². The van der Waals surface area contributed by atoms with Crippen molar-refractivity contribution >= 4 is 17.7 Å². The average molecular weight is 345 g/mol. The van der Waals surface area contributed by atoms with Crippen molar-refractivity contribution in [3.05, 3.63) is 35.4 Å². The fourth-order valence-corrected chi connectivity index (χ4v) is 2.99. The summed E-state index contributed by atoms with van der Waals surface area (Å²) in [6.07, 6.45) is 1.24. The van der Waals surface area contributed by atoms with E-state index in [-0.39, 0.29) is 30.1 Å². The molecule has 2 rings (SSSR count). The number of ether oxygens (including phenoxy) is 1. The minimum atomic E-state index is -0.839. The number of carbonyl (C=O) groups is 3. The summed E-state index contributed by atoms with van der Waals surface area (Å²) in [4.78, 5) is 37.5. The first kappa shape index (κ1) is 19.2. The van der Waals surface area contributed by atoms with E-state index in [1.54, 1.807) is 4.90 Å². The average Bonchev–Trinajstić information content (AvgIpc) is 2.59. The Kier molecular flexibility index (Phi) is 5.98. The van der Waals surface area contributed by atoms with E-state index in [1.807, 2.05) is 0 Å². The number of hydrogen-bond donors (Lipinski definition) is 0. The zero-order valence-electron chi connectivity index (χ0n) is 15.5. The molecule has 0 saturated carbocycles. The van der Waals surface area contributed by atoms with Crippen molar-refractivity contribution in [2.24, 2.45) is 5.92 Å². The number of nitrogens with zero attached hydrogens (tertiary/aromatic N) is 1. The van der Waals surface area contributed by atoms with E-state index in [0.29, 0.717) is 19.4 Å². The van der Waals surface area contributed by atoms with Crippen molar-refractivity contribution in [2.45, 2.75) is 45.4 Å². The number of hydrogen-bond acceptors (Lipinski definition) is 4. The number of amides is 1. The molecule has 5 nitrogen and oxygen atoms in total. The number of methoxy groups -OCH3 is 1. The van der Waals surface area contributed by atoms with Crippen molar-refractivity contribution in [2.75, 3.05) is 20.2 Å². The van der Waals surface area contributed by atoms with E-state index >= 15 is 0 Å². The van der Waals surface area contributed by atoms with Gasteiger partial charge in [-0.15, -0.1) is 0 Å². The van der Waals surface area contributed by atoms with Gasteiger partial charge in [-0.25, -0.2) is 0 Å². The molecule has 1 amide bonds. The second-order valence-electron chi connectivity index (χ2n) is 7.58. The quantitative estimate of drug-likeness (QED) is 0.621. The van der Waals surface area contributed by atoms with Gasteiger partial charge in [-0.2, -0.15) is 0 Å². The van der Waals surface area contributed by atoms with Crippen LogP contribution in [-0.4, -0.2) is 42.8 Å². The van der Waals surface area contributed by atoms with E-state index in [9.17, 15) is 14.4 Å². The molecule has 1 aliphatic heterocycles. The summed E-state index contributed by atoms with van der Waals surface area (Å²) in [6.45, 7) is 7.02. The highest BCUT2D eigenvalue weighted by Crippen LogP contribution is 2.23. The van der Waals surface area contributed by atoms with E-state index in [0.717, 1.165) is 5.56 Å². The highest BCUT2D eigenvalue weighted by Gasteiger charge is 2.35. The molecule has 5 heteroatoms. The van der Waals surface area contributed by atoms with Gasteiger partial charge in [0.15, 0.2) is 5.78 Å². The van der Waals surface area contributed by atoms with E-state index in [2.05, 4.69) is 49.8 Å². The molecular formula is C20H27NO4. The van der Waals surface area contributed by atoms with Gasteiger partial charge in [-0.3, -0.25) is 14.4 Å². The minimum absolute atomic E-state index is 0.0266. The molecule has 25 heavy (non-hydrogen) atoms. The number of carbonyl (C=O) groups excluding carboxylic acids is 3. The third kappa shape index (κ3) is 4.91. The molecule has 1 heterocycles. The third-order valence-electron chi connectivity index (χ3n) is 4.71. The van der Waals surface area contributed by atoms with Crippen molar-refractivity contribution < 1.29 is 19.1 Å². The van der Waals surface area contributed by atoms with Gasteiger partial charge in [0.25, 0.3) is 0 Å². The maximum atomic E-state index is 12.4. The van der Waals surface area contributed by atoms with Crippen molar-refractivity contribution in [1.82, 2.24) is 4.90 Å². The van der Waals surface area contributed by atoms with Crippen LogP contribution in [0.1, 0.15) is 44.7 Å². The molecule has 1 unspecified atom stereocenters. The van der Waals surface area contributed by atoms with Crippen LogP contribution < -0.4 is 0 Å². The highest BCUT2D eigenvalue weighted by molar-refractivity contribution is 6.00. The molecule has 0 spiro atoms. The summed E-state index contributed by atoms with van der Waals surface area (Å²) in [6, 6.07) is 8.33. The fraction of sp³-hybridized carbons (Fsp3) is 0.550. The summed E-state index contributed by atoms with van der Waals surface area (Å²) in [5.41, 5.74) is 2.48. The van der Waals surface area contributed by atoms with Crippen LogP contribution in [0.5, 0.6) is 0 Å². The van der Waals surface area contributed by atoms with Crippen LogP contribution in [0.2, 0.25) is 0 Å². The maximum Gasteiger partial charge on any atom is 0.318 e. The summed E-state index contributed by atoms with van der Waals surface area (Å²) >= 11 is 0. The lowest BCUT2D eigenvalue weighted by Crippen LogP contribution is -2.47. The minimum Gasteiger partial charge on any atom is -0.468 e. The molecule has 1 aromatic rings. The number of esters is 1. The molecule has 0 aliphatic carbocycles. The summed E-state index contributed by atoms with van der Waals surface area (Å²) in [5, 5.41) is 0. The van der Waals surface area contributed by atoms with Gasteiger partial charge in [0.2, 0.25) is 5.91 Å². The number of ketones is 1. The maximum absolute atomic E-state index is 12.4. The molecule has 1 fully saturated rings. The number of piperidine rings is 1. The van der Waals surface area contributed by atoms with Gasteiger partial charge < -0.3 is 9.64 Å². The number of likely N-dealkylation sites (tertiary alicyclic amines) is 1. The number of benzene rings is 1. The molecule has 0 bridgehead atoms. The Morgan fingerprint density at radius 3 is 2.40 bits per heavy atom. The lowest BCUT2D eigenvalue weighted by molar-refractivity contribution is -0.153. The summed E-state index contributed by atoms with van der Waals surface area (Å²) < 4.78 is 4.66. The zero-order chi connectivity index (χ0) is 18.6. The molecular weight excluding hydrogens is 318 g/mol. The number of aryl methyl sites for hydroxylation is 1. The zero-order valence-corrected chi connectivity index (χ0v) is 15.5. The molecule has 1 saturated heterocycles. The Labute approximate surface area is 149 Å². The fourth-order valence-electron chi connectivity index (χ4n) is 2.99. The van der Waals surface area contributed by atoms with Crippen LogP contribution in [0, 0.1) is 5.92 Å². The van der Waals surface area contributed by atoms with Crippen molar-refractivity contribution in [3.8, 4) is 0 Å². The monoisotopic (exact) mass is 345 g/mol. The van der Waals surface area contributed by atoms with E-state index in [4.69, 9.17) is 0 Å². The van der Waals surface area contributed by atoms with Gasteiger partial charge in [0.1, 0.15) is 5.92 Å². The first-order valence-corrected chi connectivity index (χ1v) is 8.70. The van der Waals surface area contributed by atoms with Crippen molar-refractivity contribution in [1.29, 1.82) is 0 Å². The Morgan fingerprint density at radius 2 is 1.84 bits per heavy atom. The van der Waals surface area contributed by atoms with Crippen LogP contribution in [0.25, 0.3) is 0 Å². The summed E-state index contributed by atoms with van der Waals surface area (Å²) in [7, 11) is 1.26. The normalized spacial score (nSPS) is 18.2. The van der Waals surface area contributed by atoms with E-state index < -0.39 is 11.9 Å². The second-order valence-corrected chi connectivity index (χ2v) is 7.58.